The van der Waals surface area contributed by atoms with E-state index in [-0.39, 0.29) is 18.2 Å². The van der Waals surface area contributed by atoms with Crippen molar-refractivity contribution >= 4 is 23.2 Å². The third-order valence-corrected chi connectivity index (χ3v) is 5.84. The number of carbonyl (C=O) groups is 2. The lowest BCUT2D eigenvalue weighted by Crippen LogP contribution is -2.30. The zero-order valence-corrected chi connectivity index (χ0v) is 17.9. The first-order chi connectivity index (χ1) is 16.1. The minimum atomic E-state index is -0.405. The summed E-state index contributed by atoms with van der Waals surface area (Å²) in [7, 11) is 0. The van der Waals surface area contributed by atoms with Crippen LogP contribution in [-0.2, 0) is 24.3 Å². The van der Waals surface area contributed by atoms with Crippen LogP contribution in [0.3, 0.4) is 0 Å². The van der Waals surface area contributed by atoms with Crippen LogP contribution in [0.25, 0.3) is 0 Å². The normalized spacial score (nSPS) is 12.5. The number of halogens is 1. The SMILES string of the molecule is O=C(Cc1ccccc1F)Nc1ccc(C(=O)N2Cc3cccn3Cc3ccccc32)cc1. The number of rotatable bonds is 4. The number of para-hydroxylation sites is 1. The first-order valence-corrected chi connectivity index (χ1v) is 10.8. The molecule has 2 amide bonds. The predicted octanol–water partition coefficient (Wildman–Crippen LogP) is 5.02. The molecular formula is C27H22FN3O2. The van der Waals surface area contributed by atoms with Gasteiger partial charge in [-0.3, -0.25) is 9.59 Å². The molecule has 6 heteroatoms. The van der Waals surface area contributed by atoms with Gasteiger partial charge in [-0.1, -0.05) is 36.4 Å². The topological polar surface area (TPSA) is 54.3 Å². The molecule has 1 aromatic heterocycles. The minimum absolute atomic E-state index is 0.0580. The van der Waals surface area contributed by atoms with Gasteiger partial charge in [0.1, 0.15) is 5.82 Å². The van der Waals surface area contributed by atoms with Crippen LogP contribution in [0.5, 0.6) is 0 Å². The third-order valence-electron chi connectivity index (χ3n) is 5.84. The summed E-state index contributed by atoms with van der Waals surface area (Å²) < 4.78 is 15.9. The van der Waals surface area contributed by atoms with Gasteiger partial charge in [-0.25, -0.2) is 4.39 Å². The van der Waals surface area contributed by atoms with Gasteiger partial charge in [0.2, 0.25) is 5.91 Å². The summed E-state index contributed by atoms with van der Waals surface area (Å²) in [5, 5.41) is 2.76. The summed E-state index contributed by atoms with van der Waals surface area (Å²) in [5.41, 5.74) is 4.46. The second kappa shape index (κ2) is 8.74. The number of hydrogen-bond acceptors (Lipinski definition) is 2. The standard InChI is InChI=1S/C27H22FN3O2/c28-24-9-3-1-6-20(24)16-26(32)29-22-13-11-19(12-14-22)27(33)31-18-23-8-5-15-30(23)17-21-7-2-4-10-25(21)31/h1-15H,16-18H2,(H,29,32). The van der Waals surface area contributed by atoms with E-state index in [9.17, 15) is 14.0 Å². The molecule has 1 N–H and O–H groups in total. The average Bonchev–Trinajstić information content (AvgIpc) is 3.19. The molecule has 0 radical (unpaired) electrons. The molecule has 0 unspecified atom stereocenters. The van der Waals surface area contributed by atoms with Crippen molar-refractivity contribution in [3.8, 4) is 0 Å². The summed E-state index contributed by atoms with van der Waals surface area (Å²) in [4.78, 5) is 27.6. The molecule has 0 aliphatic carbocycles. The van der Waals surface area contributed by atoms with Gasteiger partial charge in [0.05, 0.1) is 13.0 Å². The Balaban J connectivity index is 1.33. The Morgan fingerprint density at radius 2 is 1.61 bits per heavy atom. The number of carbonyl (C=O) groups excluding carboxylic acids is 2. The van der Waals surface area contributed by atoms with E-state index in [4.69, 9.17) is 0 Å². The van der Waals surface area contributed by atoms with Gasteiger partial charge in [0.15, 0.2) is 0 Å². The molecule has 33 heavy (non-hydrogen) atoms. The van der Waals surface area contributed by atoms with Crippen LogP contribution in [0.2, 0.25) is 0 Å². The Kier molecular flexibility index (Phi) is 5.48. The van der Waals surface area contributed by atoms with E-state index in [1.807, 2.05) is 42.6 Å². The van der Waals surface area contributed by atoms with Gasteiger partial charge in [-0.15, -0.1) is 0 Å². The van der Waals surface area contributed by atoms with E-state index in [0.29, 0.717) is 23.4 Å². The van der Waals surface area contributed by atoms with E-state index < -0.39 is 5.82 Å². The lowest BCUT2D eigenvalue weighted by atomic mass is 10.1. The van der Waals surface area contributed by atoms with Crippen LogP contribution in [0.4, 0.5) is 15.8 Å². The predicted molar refractivity (Wildman–Crippen MR) is 126 cm³/mol. The highest BCUT2D eigenvalue weighted by molar-refractivity contribution is 6.07. The van der Waals surface area contributed by atoms with Crippen molar-refractivity contribution in [2.45, 2.75) is 19.5 Å². The number of nitrogens with one attached hydrogen (secondary N) is 1. The molecule has 1 aliphatic heterocycles. The number of aromatic nitrogens is 1. The molecule has 1 aliphatic rings. The van der Waals surface area contributed by atoms with Gasteiger partial charge >= 0.3 is 0 Å². The summed E-state index contributed by atoms with van der Waals surface area (Å²) in [6.07, 6.45) is 1.97. The Bertz CT molecular complexity index is 1330. The Hall–Kier alpha value is -4.19. The lowest BCUT2D eigenvalue weighted by Gasteiger charge is -2.23. The fraction of sp³-hybridized carbons (Fsp3) is 0.111. The smallest absolute Gasteiger partial charge is 0.258 e. The number of fused-ring (bicyclic) bond motifs is 2. The van der Waals surface area contributed by atoms with E-state index in [1.54, 1.807) is 47.4 Å². The number of anilines is 2. The molecule has 0 saturated heterocycles. The maximum atomic E-state index is 13.8. The quantitative estimate of drug-likeness (QED) is 0.486. The molecule has 5 nitrogen and oxygen atoms in total. The molecule has 3 aromatic carbocycles. The fourth-order valence-electron chi connectivity index (χ4n) is 4.14. The van der Waals surface area contributed by atoms with Crippen molar-refractivity contribution < 1.29 is 14.0 Å². The van der Waals surface area contributed by atoms with E-state index in [0.717, 1.165) is 23.5 Å². The number of benzene rings is 3. The van der Waals surface area contributed by atoms with Crippen LogP contribution < -0.4 is 10.2 Å². The van der Waals surface area contributed by atoms with E-state index >= 15 is 0 Å². The fourth-order valence-corrected chi connectivity index (χ4v) is 4.14. The van der Waals surface area contributed by atoms with Crippen molar-refractivity contribution in [2.75, 3.05) is 10.2 Å². The molecule has 0 atom stereocenters. The van der Waals surface area contributed by atoms with Crippen molar-refractivity contribution in [3.63, 3.8) is 0 Å². The van der Waals surface area contributed by atoms with Gasteiger partial charge in [0.25, 0.3) is 5.91 Å². The van der Waals surface area contributed by atoms with E-state index in [2.05, 4.69) is 9.88 Å². The Labute approximate surface area is 191 Å². The first kappa shape index (κ1) is 20.7. The maximum Gasteiger partial charge on any atom is 0.258 e. The Morgan fingerprint density at radius 1 is 0.848 bits per heavy atom. The van der Waals surface area contributed by atoms with Gasteiger partial charge in [-0.05, 0) is 59.7 Å². The molecule has 0 spiro atoms. The van der Waals surface area contributed by atoms with Crippen LogP contribution in [0.15, 0.2) is 91.1 Å². The van der Waals surface area contributed by atoms with Crippen LogP contribution in [0, 0.1) is 5.82 Å². The first-order valence-electron chi connectivity index (χ1n) is 10.8. The van der Waals surface area contributed by atoms with Crippen LogP contribution in [-0.4, -0.2) is 16.4 Å². The Morgan fingerprint density at radius 3 is 2.42 bits per heavy atom. The summed E-state index contributed by atoms with van der Waals surface area (Å²) in [5.74, 6) is -0.833. The van der Waals surface area contributed by atoms with Crippen molar-refractivity contribution in [3.05, 3.63) is 119 Å². The lowest BCUT2D eigenvalue weighted by molar-refractivity contribution is -0.115. The van der Waals surface area contributed by atoms with Gasteiger partial charge < -0.3 is 14.8 Å². The molecule has 5 rings (SSSR count). The number of nitrogens with zero attached hydrogens (tertiary/aromatic N) is 2. The molecule has 4 aromatic rings. The highest BCUT2D eigenvalue weighted by Gasteiger charge is 2.24. The highest BCUT2D eigenvalue weighted by Crippen LogP contribution is 2.29. The zero-order valence-electron chi connectivity index (χ0n) is 17.9. The monoisotopic (exact) mass is 439 g/mol. The molecule has 2 heterocycles. The summed E-state index contributed by atoms with van der Waals surface area (Å²) >= 11 is 0. The summed E-state index contributed by atoms with van der Waals surface area (Å²) in [6.45, 7) is 1.19. The third kappa shape index (κ3) is 4.28. The molecular weight excluding hydrogens is 417 g/mol. The van der Waals surface area contributed by atoms with Crippen molar-refractivity contribution in [1.82, 2.24) is 4.57 Å². The van der Waals surface area contributed by atoms with Crippen molar-refractivity contribution in [2.24, 2.45) is 0 Å². The second-order valence-electron chi connectivity index (χ2n) is 8.04. The van der Waals surface area contributed by atoms with E-state index in [1.165, 1.54) is 6.07 Å². The second-order valence-corrected chi connectivity index (χ2v) is 8.04. The number of amides is 2. The molecule has 0 bridgehead atoms. The largest absolute Gasteiger partial charge is 0.345 e. The highest BCUT2D eigenvalue weighted by atomic mass is 19.1. The maximum absolute atomic E-state index is 13.8. The molecule has 0 saturated carbocycles. The van der Waals surface area contributed by atoms with Crippen LogP contribution >= 0.6 is 0 Å². The minimum Gasteiger partial charge on any atom is -0.345 e. The van der Waals surface area contributed by atoms with Crippen molar-refractivity contribution in [1.29, 1.82) is 0 Å². The molecule has 0 fully saturated rings. The van der Waals surface area contributed by atoms with Crippen LogP contribution in [0.1, 0.15) is 27.2 Å². The average molecular weight is 439 g/mol. The number of hydrogen-bond donors (Lipinski definition) is 1. The zero-order chi connectivity index (χ0) is 22.8. The van der Waals surface area contributed by atoms with Gasteiger partial charge in [-0.2, -0.15) is 0 Å². The summed E-state index contributed by atoms with van der Waals surface area (Å²) in [6, 6.07) is 25.0. The van der Waals surface area contributed by atoms with Gasteiger partial charge in [0, 0.05) is 35.4 Å². The molecule has 164 valence electrons.